The van der Waals surface area contributed by atoms with Gasteiger partial charge in [-0.25, -0.2) is 4.79 Å². The Morgan fingerprint density at radius 1 is 0.974 bits per heavy atom. The van der Waals surface area contributed by atoms with Crippen LogP contribution in [0.2, 0.25) is 0 Å². The summed E-state index contributed by atoms with van der Waals surface area (Å²) in [4.78, 5) is 24.6. The van der Waals surface area contributed by atoms with Crippen molar-refractivity contribution in [1.29, 1.82) is 0 Å². The largest absolute Gasteiger partial charge is 0.478 e. The van der Waals surface area contributed by atoms with Crippen LogP contribution >= 0.6 is 0 Å². The van der Waals surface area contributed by atoms with Gasteiger partial charge in [0.2, 0.25) is 0 Å². The van der Waals surface area contributed by atoms with Gasteiger partial charge in [-0.1, -0.05) is 56.3 Å². The van der Waals surface area contributed by atoms with E-state index in [1.807, 2.05) is 50.4 Å². The number of carbonyl (C=O) groups excluding carboxylic acids is 1. The summed E-state index contributed by atoms with van der Waals surface area (Å²) >= 11 is 0. The van der Waals surface area contributed by atoms with Crippen molar-refractivity contribution in [3.63, 3.8) is 0 Å². The first kappa shape index (κ1) is 28.0. The number of nitrogens with one attached hydrogen (secondary N) is 1. The van der Waals surface area contributed by atoms with Gasteiger partial charge in [0.25, 0.3) is 5.91 Å². The molecule has 0 spiro atoms. The second-order valence-corrected chi connectivity index (χ2v) is 11.1. The number of fused-ring (bicyclic) bond motifs is 1. The molecular formula is C33H38N2O4. The number of carboxylic acids is 1. The summed E-state index contributed by atoms with van der Waals surface area (Å²) in [6.07, 6.45) is 0.709. The topological polar surface area (TPSA) is 80.6 Å². The van der Waals surface area contributed by atoms with Crippen LogP contribution in [0, 0.1) is 6.92 Å². The maximum Gasteiger partial charge on any atom is 0.347 e. The van der Waals surface area contributed by atoms with E-state index >= 15 is 0 Å². The lowest BCUT2D eigenvalue weighted by molar-refractivity contribution is -0.152. The predicted octanol–water partition coefficient (Wildman–Crippen LogP) is 6.93. The highest BCUT2D eigenvalue weighted by Crippen LogP contribution is 2.29. The lowest BCUT2D eigenvalue weighted by atomic mass is 9.98. The van der Waals surface area contributed by atoms with Crippen LogP contribution in [0.15, 0.2) is 66.7 Å². The van der Waals surface area contributed by atoms with E-state index in [-0.39, 0.29) is 11.9 Å². The number of rotatable bonds is 9. The molecule has 0 unspecified atom stereocenters. The van der Waals surface area contributed by atoms with Crippen molar-refractivity contribution in [3.05, 3.63) is 100 Å². The van der Waals surface area contributed by atoms with Crippen molar-refractivity contribution in [2.24, 2.45) is 7.05 Å². The molecule has 0 aliphatic carbocycles. The normalized spacial score (nSPS) is 12.5. The van der Waals surface area contributed by atoms with Gasteiger partial charge >= 0.3 is 5.97 Å². The fourth-order valence-electron chi connectivity index (χ4n) is 4.78. The van der Waals surface area contributed by atoms with Crippen LogP contribution < -0.4 is 10.1 Å². The molecule has 0 saturated carbocycles. The van der Waals surface area contributed by atoms with Gasteiger partial charge in [-0.3, -0.25) is 4.79 Å². The molecule has 3 aromatic carbocycles. The summed E-state index contributed by atoms with van der Waals surface area (Å²) in [5.41, 5.74) is 6.10. The molecule has 0 saturated heterocycles. The molecule has 4 rings (SSSR count). The van der Waals surface area contributed by atoms with Gasteiger partial charge in [-0.05, 0) is 86.6 Å². The quantitative estimate of drug-likeness (QED) is 0.248. The van der Waals surface area contributed by atoms with Crippen LogP contribution in [0.1, 0.15) is 84.9 Å². The molecule has 1 atom stereocenters. The van der Waals surface area contributed by atoms with Crippen molar-refractivity contribution < 1.29 is 19.4 Å². The SMILES string of the molecule is Cc1c(Cc2ccc(OC(C)(C)C(=O)O)cc2)c2ccc(C(=O)N[C@@H](C)c3cccc(C(C)C)c3)cc2n1C. The van der Waals surface area contributed by atoms with Crippen LogP contribution in [0.3, 0.4) is 0 Å². The van der Waals surface area contributed by atoms with Gasteiger partial charge < -0.3 is 19.7 Å². The Bertz CT molecular complexity index is 1510. The highest BCUT2D eigenvalue weighted by molar-refractivity contribution is 5.99. The zero-order valence-corrected chi connectivity index (χ0v) is 23.8. The first-order chi connectivity index (χ1) is 18.4. The minimum Gasteiger partial charge on any atom is -0.478 e. The molecule has 1 aromatic heterocycles. The Hall–Kier alpha value is -4.06. The van der Waals surface area contributed by atoms with Crippen LogP contribution in [0.25, 0.3) is 10.9 Å². The van der Waals surface area contributed by atoms with E-state index in [0.29, 0.717) is 23.7 Å². The average molecular weight is 527 g/mol. The van der Waals surface area contributed by atoms with Gasteiger partial charge in [0.15, 0.2) is 5.60 Å². The average Bonchev–Trinajstić information content (AvgIpc) is 3.13. The number of hydrogen-bond acceptors (Lipinski definition) is 3. The first-order valence-electron chi connectivity index (χ1n) is 13.4. The van der Waals surface area contributed by atoms with Crippen molar-refractivity contribution in [2.45, 2.75) is 65.5 Å². The van der Waals surface area contributed by atoms with E-state index < -0.39 is 11.6 Å². The highest BCUT2D eigenvalue weighted by atomic mass is 16.5. The van der Waals surface area contributed by atoms with Crippen LogP contribution in [0.4, 0.5) is 0 Å². The van der Waals surface area contributed by atoms with E-state index in [1.54, 1.807) is 12.1 Å². The van der Waals surface area contributed by atoms with Crippen molar-refractivity contribution >= 4 is 22.8 Å². The van der Waals surface area contributed by atoms with Gasteiger partial charge in [0, 0.05) is 29.2 Å². The molecule has 0 aliphatic rings. The number of hydrogen-bond donors (Lipinski definition) is 2. The molecule has 0 bridgehead atoms. The Balaban J connectivity index is 1.53. The number of aryl methyl sites for hydroxylation is 1. The van der Waals surface area contributed by atoms with Gasteiger partial charge in [0.1, 0.15) is 5.75 Å². The van der Waals surface area contributed by atoms with E-state index in [1.165, 1.54) is 25.0 Å². The number of benzene rings is 3. The minimum absolute atomic E-state index is 0.0976. The maximum atomic E-state index is 13.2. The number of carboxylic acid groups (broad SMARTS) is 1. The van der Waals surface area contributed by atoms with Gasteiger partial charge in [-0.2, -0.15) is 0 Å². The van der Waals surface area contributed by atoms with Crippen molar-refractivity contribution in [1.82, 2.24) is 9.88 Å². The molecule has 6 nitrogen and oxygen atoms in total. The van der Waals surface area contributed by atoms with Crippen molar-refractivity contribution in [2.75, 3.05) is 0 Å². The molecule has 0 radical (unpaired) electrons. The zero-order chi connectivity index (χ0) is 28.5. The van der Waals surface area contributed by atoms with Crippen LogP contribution in [-0.4, -0.2) is 27.2 Å². The molecule has 6 heteroatoms. The molecule has 4 aromatic rings. The van der Waals surface area contributed by atoms with E-state index in [9.17, 15) is 14.7 Å². The number of aromatic nitrogens is 1. The number of carbonyl (C=O) groups is 2. The Kier molecular flexibility index (Phi) is 7.86. The summed E-state index contributed by atoms with van der Waals surface area (Å²) in [5.74, 6) is -0.164. The Morgan fingerprint density at radius 3 is 2.28 bits per heavy atom. The molecule has 204 valence electrons. The summed E-state index contributed by atoms with van der Waals surface area (Å²) in [6.45, 7) is 11.5. The lowest BCUT2D eigenvalue weighted by Gasteiger charge is -2.21. The summed E-state index contributed by atoms with van der Waals surface area (Å²) in [5, 5.41) is 13.6. The molecule has 1 amide bonds. The number of aliphatic carboxylic acids is 1. The van der Waals surface area contributed by atoms with Crippen LogP contribution in [-0.2, 0) is 18.3 Å². The third kappa shape index (κ3) is 6.00. The number of nitrogens with zero attached hydrogens (tertiary/aromatic N) is 1. The first-order valence-corrected chi connectivity index (χ1v) is 13.4. The number of amides is 1. The number of ether oxygens (including phenoxy) is 1. The van der Waals surface area contributed by atoms with Gasteiger partial charge in [0.05, 0.1) is 6.04 Å². The fraction of sp³-hybridized carbons (Fsp3) is 0.333. The van der Waals surface area contributed by atoms with Crippen molar-refractivity contribution in [3.8, 4) is 5.75 Å². The third-order valence-corrected chi connectivity index (χ3v) is 7.50. The van der Waals surface area contributed by atoms with Gasteiger partial charge in [-0.15, -0.1) is 0 Å². The predicted molar refractivity (Wildman–Crippen MR) is 156 cm³/mol. The summed E-state index contributed by atoms with van der Waals surface area (Å²) in [7, 11) is 2.02. The Morgan fingerprint density at radius 2 is 1.64 bits per heavy atom. The van der Waals surface area contributed by atoms with E-state index in [2.05, 4.69) is 48.9 Å². The molecule has 0 fully saturated rings. The second kappa shape index (κ2) is 11.0. The summed E-state index contributed by atoms with van der Waals surface area (Å²) in [6, 6.07) is 21.7. The third-order valence-electron chi connectivity index (χ3n) is 7.50. The fourth-order valence-corrected chi connectivity index (χ4v) is 4.78. The molecular weight excluding hydrogens is 488 g/mol. The highest BCUT2D eigenvalue weighted by Gasteiger charge is 2.29. The monoisotopic (exact) mass is 526 g/mol. The maximum absolute atomic E-state index is 13.2. The lowest BCUT2D eigenvalue weighted by Crippen LogP contribution is -2.37. The minimum atomic E-state index is -1.30. The molecule has 1 heterocycles. The standard InChI is InChI=1S/C33H38N2O4/c1-20(2)24-9-8-10-25(18-24)21(3)34-31(36)26-13-16-28-29(22(4)35(7)30(28)19-26)17-23-11-14-27(15-12-23)39-33(5,6)32(37)38/h8-16,18-21H,17H2,1-7H3,(H,34,36)(H,37,38)/t21-/m0/s1. The zero-order valence-electron chi connectivity index (χ0n) is 23.8. The molecule has 39 heavy (non-hydrogen) atoms. The van der Waals surface area contributed by atoms with E-state index in [4.69, 9.17) is 4.74 Å². The Labute approximate surface area is 230 Å². The second-order valence-electron chi connectivity index (χ2n) is 11.1. The molecule has 2 N–H and O–H groups in total. The molecule has 0 aliphatic heterocycles. The van der Waals surface area contributed by atoms with E-state index in [0.717, 1.165) is 27.7 Å². The summed E-state index contributed by atoms with van der Waals surface area (Å²) < 4.78 is 7.76. The van der Waals surface area contributed by atoms with Crippen LogP contribution in [0.5, 0.6) is 5.75 Å². The smallest absolute Gasteiger partial charge is 0.347 e.